The van der Waals surface area contributed by atoms with Crippen LogP contribution < -0.4 is 11.2 Å². The van der Waals surface area contributed by atoms with Crippen molar-refractivity contribution in [3.8, 4) is 11.6 Å². The molecule has 0 saturated heterocycles. The molecule has 162 valence electrons. The summed E-state index contributed by atoms with van der Waals surface area (Å²) in [5.41, 5.74) is -0.905. The van der Waals surface area contributed by atoms with Crippen LogP contribution in [-0.4, -0.2) is 32.4 Å². The molecule has 1 aromatic heterocycles. The van der Waals surface area contributed by atoms with Gasteiger partial charge in [-0.1, -0.05) is 54.6 Å². The van der Waals surface area contributed by atoms with Crippen LogP contribution in [0, 0.1) is 11.8 Å². The van der Waals surface area contributed by atoms with E-state index in [9.17, 15) is 24.3 Å². The number of Topliss-reactive ketones (excluding diaryl/α,β-unsaturated/α-hetero) is 2. The van der Waals surface area contributed by atoms with Crippen molar-refractivity contribution in [1.82, 2.24) is 9.55 Å². The number of rotatable bonds is 3. The van der Waals surface area contributed by atoms with Crippen molar-refractivity contribution in [2.75, 3.05) is 0 Å². The van der Waals surface area contributed by atoms with Gasteiger partial charge in [-0.15, -0.1) is 0 Å². The van der Waals surface area contributed by atoms with Crippen molar-refractivity contribution in [2.45, 2.75) is 0 Å². The average Bonchev–Trinajstić information content (AvgIpc) is 2.82. The van der Waals surface area contributed by atoms with Crippen LogP contribution in [0.4, 0.5) is 5.69 Å². The molecule has 33 heavy (non-hydrogen) atoms. The molecule has 2 aliphatic rings. The Morgan fingerprint density at radius 1 is 0.879 bits per heavy atom. The highest BCUT2D eigenvalue weighted by molar-refractivity contribution is 6.19. The van der Waals surface area contributed by atoms with Crippen molar-refractivity contribution >= 4 is 23.5 Å². The van der Waals surface area contributed by atoms with E-state index in [1.165, 1.54) is 0 Å². The normalized spacial score (nSPS) is 19.0. The zero-order chi connectivity index (χ0) is 23.1. The second-order valence-electron chi connectivity index (χ2n) is 7.68. The van der Waals surface area contributed by atoms with E-state index in [0.717, 1.165) is 10.8 Å². The van der Waals surface area contributed by atoms with Gasteiger partial charge in [0.2, 0.25) is 5.88 Å². The summed E-state index contributed by atoms with van der Waals surface area (Å²) in [5, 5.41) is 10.7. The fraction of sp³-hybridized carbons (Fsp3) is 0.0800. The zero-order valence-electron chi connectivity index (χ0n) is 17.1. The van der Waals surface area contributed by atoms with Crippen LogP contribution in [0.25, 0.3) is 5.69 Å². The first-order valence-electron chi connectivity index (χ1n) is 10.2. The molecule has 0 unspecified atom stereocenters. The van der Waals surface area contributed by atoms with Crippen LogP contribution in [0.15, 0.2) is 87.4 Å². The maximum atomic E-state index is 13.2. The molecule has 3 aromatic rings. The molecular formula is C25H17N3O5. The lowest BCUT2D eigenvalue weighted by molar-refractivity contribution is 0.0802. The first kappa shape index (κ1) is 20.3. The average molecular weight is 439 g/mol. The molecule has 0 aliphatic heterocycles. The number of para-hydroxylation sites is 1. The van der Waals surface area contributed by atoms with Crippen LogP contribution in [-0.2, 0) is 0 Å². The number of fused-ring (bicyclic) bond motifs is 2. The highest BCUT2D eigenvalue weighted by Gasteiger charge is 2.40. The van der Waals surface area contributed by atoms with Gasteiger partial charge in [0.05, 0.1) is 28.8 Å². The largest absolute Gasteiger partial charge is 0.493 e. The number of hydrogen-bond donors (Lipinski definition) is 2. The molecule has 0 spiro atoms. The summed E-state index contributed by atoms with van der Waals surface area (Å²) in [6.45, 7) is 0. The molecule has 1 heterocycles. The maximum Gasteiger partial charge on any atom is 0.335 e. The van der Waals surface area contributed by atoms with E-state index in [-0.39, 0.29) is 33.9 Å². The van der Waals surface area contributed by atoms with Gasteiger partial charge in [-0.25, -0.2) is 9.36 Å². The maximum absolute atomic E-state index is 13.2. The molecule has 8 heteroatoms. The summed E-state index contributed by atoms with van der Waals surface area (Å²) in [4.78, 5) is 57.2. The fourth-order valence-electron chi connectivity index (χ4n) is 4.17. The Morgan fingerprint density at radius 3 is 2.30 bits per heavy atom. The number of carbonyl (C=O) groups is 2. The molecule has 0 fully saturated rings. The Bertz CT molecular complexity index is 1510. The van der Waals surface area contributed by atoms with E-state index < -0.39 is 29.0 Å². The predicted octanol–water partition coefficient (Wildman–Crippen LogP) is 2.72. The highest BCUT2D eigenvalue weighted by Crippen LogP contribution is 2.38. The second-order valence-corrected chi connectivity index (χ2v) is 7.68. The number of nitrogens with one attached hydrogen (secondary N) is 1. The number of benzene rings is 2. The third-order valence-electron chi connectivity index (χ3n) is 5.76. The van der Waals surface area contributed by atoms with E-state index >= 15 is 0 Å². The van der Waals surface area contributed by atoms with Crippen molar-refractivity contribution < 1.29 is 14.7 Å². The molecule has 2 aliphatic carbocycles. The van der Waals surface area contributed by atoms with Crippen molar-refractivity contribution in [3.05, 3.63) is 110 Å². The van der Waals surface area contributed by atoms with Crippen molar-refractivity contribution in [1.29, 1.82) is 0 Å². The Morgan fingerprint density at radius 2 is 1.58 bits per heavy atom. The number of carbonyl (C=O) groups excluding carboxylic acids is 2. The Labute approximate surface area is 186 Å². The minimum atomic E-state index is -0.832. The fourth-order valence-corrected chi connectivity index (χ4v) is 4.17. The van der Waals surface area contributed by atoms with Crippen molar-refractivity contribution in [2.24, 2.45) is 16.8 Å². The van der Waals surface area contributed by atoms with Gasteiger partial charge in [0.25, 0.3) is 5.56 Å². The number of nitrogens with zero attached hydrogens (tertiary/aromatic N) is 2. The van der Waals surface area contributed by atoms with Crippen LogP contribution >= 0.6 is 0 Å². The first-order chi connectivity index (χ1) is 16.0. The molecule has 0 amide bonds. The molecule has 8 nitrogen and oxygen atoms in total. The molecule has 0 radical (unpaired) electrons. The summed E-state index contributed by atoms with van der Waals surface area (Å²) < 4.78 is 0.946. The van der Waals surface area contributed by atoms with E-state index in [4.69, 9.17) is 0 Å². The van der Waals surface area contributed by atoms with Gasteiger partial charge in [0.15, 0.2) is 11.6 Å². The van der Waals surface area contributed by atoms with Crippen LogP contribution in [0.2, 0.25) is 0 Å². The second kappa shape index (κ2) is 7.83. The lowest BCUT2D eigenvalue weighted by atomic mass is 9.72. The van der Waals surface area contributed by atoms with Crippen LogP contribution in [0.5, 0.6) is 5.88 Å². The number of aromatic hydroxyl groups is 1. The minimum absolute atomic E-state index is 0.173. The molecule has 5 rings (SSSR count). The van der Waals surface area contributed by atoms with Gasteiger partial charge >= 0.3 is 5.69 Å². The summed E-state index contributed by atoms with van der Waals surface area (Å²) in [6, 6.07) is 13.1. The number of hydrogen-bond acceptors (Lipinski definition) is 6. The smallest absolute Gasteiger partial charge is 0.335 e. The third kappa shape index (κ3) is 3.28. The number of aromatic nitrogens is 2. The summed E-state index contributed by atoms with van der Waals surface area (Å²) in [5.74, 6) is -2.16. The van der Waals surface area contributed by atoms with Crippen LogP contribution in [0.1, 0.15) is 26.3 Å². The van der Waals surface area contributed by atoms with E-state index in [1.807, 2.05) is 0 Å². The number of ketones is 2. The molecule has 2 aromatic carbocycles. The van der Waals surface area contributed by atoms with E-state index in [0.29, 0.717) is 5.69 Å². The monoisotopic (exact) mass is 439 g/mol. The van der Waals surface area contributed by atoms with E-state index in [1.54, 1.807) is 72.8 Å². The Balaban J connectivity index is 1.62. The zero-order valence-corrected chi connectivity index (χ0v) is 17.1. The summed E-state index contributed by atoms with van der Waals surface area (Å²) in [6.07, 6.45) is 7.97. The van der Waals surface area contributed by atoms with Crippen molar-refractivity contribution in [3.63, 3.8) is 0 Å². The molecule has 0 bridgehead atoms. The summed E-state index contributed by atoms with van der Waals surface area (Å²) in [7, 11) is 0. The quantitative estimate of drug-likeness (QED) is 0.608. The Kier molecular flexibility index (Phi) is 4.82. The molecule has 2 N–H and O–H groups in total. The molecule has 0 saturated carbocycles. The topological polar surface area (TPSA) is 122 Å². The van der Waals surface area contributed by atoms with Crippen LogP contribution in [0.3, 0.4) is 0 Å². The summed E-state index contributed by atoms with van der Waals surface area (Å²) >= 11 is 0. The van der Waals surface area contributed by atoms with E-state index in [2.05, 4.69) is 9.98 Å². The molecular weight excluding hydrogens is 422 g/mol. The van der Waals surface area contributed by atoms with Gasteiger partial charge in [0, 0.05) is 11.8 Å². The standard InChI is InChI=1S/C25H17N3O5/c29-21-15-9-4-5-10-16(15)22(30)20-17(21)11-6-12-19(20)26-13-18-23(31)27-25(33)28(24(18)32)14-7-2-1-3-8-14/h1-13,15-16,32H,(H,27,31,33)/t15-,16-/m0/s1. The number of aromatic amines is 1. The Hall–Kier alpha value is -4.59. The van der Waals surface area contributed by atoms with Gasteiger partial charge in [-0.05, 0) is 18.2 Å². The van der Waals surface area contributed by atoms with Gasteiger partial charge in [0.1, 0.15) is 5.56 Å². The third-order valence-corrected chi connectivity index (χ3v) is 5.76. The highest BCUT2D eigenvalue weighted by atomic mass is 16.3. The lowest BCUT2D eigenvalue weighted by Crippen LogP contribution is -2.35. The van der Waals surface area contributed by atoms with Gasteiger partial charge < -0.3 is 5.11 Å². The first-order valence-corrected chi connectivity index (χ1v) is 10.2. The van der Waals surface area contributed by atoms with Gasteiger partial charge in [-0.3, -0.25) is 24.4 Å². The minimum Gasteiger partial charge on any atom is -0.493 e. The number of H-pyrrole nitrogens is 1. The number of allylic oxidation sites excluding steroid dienone is 4. The number of aliphatic imine (C=N–C) groups is 1. The van der Waals surface area contributed by atoms with Gasteiger partial charge in [-0.2, -0.15) is 0 Å². The lowest BCUT2D eigenvalue weighted by Gasteiger charge is -2.28. The SMILES string of the molecule is O=C1c2cccc(N=Cc3c(O)n(-c4ccccc4)c(=O)[nH]c3=O)c2C(=O)[C@H]2C=CC=C[C@H]12. The predicted molar refractivity (Wildman–Crippen MR) is 122 cm³/mol. The molecule has 2 atom stereocenters.